The Morgan fingerprint density at radius 2 is 1.97 bits per heavy atom. The molecule has 1 aromatic heterocycles. The molecule has 0 spiro atoms. The average Bonchev–Trinajstić information content (AvgIpc) is 2.70. The Kier molecular flexibility index (Phi) is 5.76. The monoisotopic (exact) mass is 413 g/mol. The van der Waals surface area contributed by atoms with Crippen molar-refractivity contribution >= 4 is 17.4 Å². The van der Waals surface area contributed by atoms with Crippen molar-refractivity contribution in [1.82, 2.24) is 4.98 Å². The molecule has 0 aliphatic rings. The first-order chi connectivity index (χ1) is 13.9. The Labute approximate surface area is 171 Å². The van der Waals surface area contributed by atoms with E-state index in [1.807, 2.05) is 6.07 Å². The zero-order chi connectivity index (χ0) is 21.1. The summed E-state index contributed by atoms with van der Waals surface area (Å²) in [5.41, 5.74) is 7.87. The highest BCUT2D eigenvalue weighted by Gasteiger charge is 2.18. The number of aromatic nitrogens is 1. The Hall–Kier alpha value is -3.50. The van der Waals surface area contributed by atoms with E-state index in [9.17, 15) is 14.8 Å². The molecule has 3 rings (SSSR count). The molecule has 2 aromatic carbocycles. The van der Waals surface area contributed by atoms with Gasteiger partial charge in [-0.15, -0.1) is 0 Å². The smallest absolute Gasteiger partial charge is 0.176 e. The number of nitrogens with two attached hydrogens (primary N) is 1. The van der Waals surface area contributed by atoms with Crippen molar-refractivity contribution in [3.63, 3.8) is 0 Å². The Bertz CT molecular complexity index is 1130. The van der Waals surface area contributed by atoms with Gasteiger partial charge in [0, 0.05) is 11.1 Å². The van der Waals surface area contributed by atoms with Crippen LogP contribution in [0.4, 0.5) is 10.2 Å². The van der Waals surface area contributed by atoms with Crippen LogP contribution in [0.15, 0.2) is 36.4 Å². The van der Waals surface area contributed by atoms with Crippen molar-refractivity contribution in [3.05, 3.63) is 52.8 Å². The number of nitrogens with zero attached hydrogens (tertiary/aromatic N) is 2. The van der Waals surface area contributed by atoms with Gasteiger partial charge >= 0.3 is 0 Å². The lowest BCUT2D eigenvalue weighted by Crippen LogP contribution is -2.01. The number of benzene rings is 2. The number of aromatic hydroxyl groups is 1. The van der Waals surface area contributed by atoms with E-state index in [0.29, 0.717) is 29.0 Å². The van der Waals surface area contributed by atoms with E-state index in [1.165, 1.54) is 25.3 Å². The average molecular weight is 414 g/mol. The van der Waals surface area contributed by atoms with Gasteiger partial charge in [-0.1, -0.05) is 11.6 Å². The number of nitrogen functional groups attached to an aromatic ring is 1. The second-order valence-corrected chi connectivity index (χ2v) is 6.42. The van der Waals surface area contributed by atoms with E-state index in [0.717, 1.165) is 0 Å². The Morgan fingerprint density at radius 3 is 2.59 bits per heavy atom. The summed E-state index contributed by atoms with van der Waals surface area (Å²) in [4.78, 5) is 4.23. The second kappa shape index (κ2) is 8.25. The zero-order valence-corrected chi connectivity index (χ0v) is 16.4. The number of ether oxygens (including phenoxy) is 2. The quantitative estimate of drug-likeness (QED) is 0.624. The number of anilines is 1. The third-order valence-corrected chi connectivity index (χ3v) is 4.53. The molecule has 6 nitrogen and oxygen atoms in total. The largest absolute Gasteiger partial charge is 0.503 e. The highest BCUT2D eigenvalue weighted by molar-refractivity contribution is 6.32. The van der Waals surface area contributed by atoms with Crippen LogP contribution in [0.2, 0.25) is 5.02 Å². The lowest BCUT2D eigenvalue weighted by molar-refractivity contribution is 0.318. The number of nitriles is 1. The topological polar surface area (TPSA) is 101 Å². The van der Waals surface area contributed by atoms with Crippen LogP contribution in [0.3, 0.4) is 0 Å². The van der Waals surface area contributed by atoms with Crippen LogP contribution in [0.1, 0.15) is 12.5 Å². The SMILES string of the molecule is CCOc1cc(-c2cc(-c3ccc(OC)c(F)c3)nc(N)c2C#N)cc(Cl)c1O. The maximum Gasteiger partial charge on any atom is 0.176 e. The first-order valence-corrected chi connectivity index (χ1v) is 8.97. The lowest BCUT2D eigenvalue weighted by atomic mass is 9.98. The first-order valence-electron chi connectivity index (χ1n) is 8.59. The van der Waals surface area contributed by atoms with Gasteiger partial charge in [-0.25, -0.2) is 9.37 Å². The van der Waals surface area contributed by atoms with Crippen molar-refractivity contribution in [2.75, 3.05) is 19.5 Å². The molecule has 0 saturated heterocycles. The number of halogens is 2. The molecular formula is C21H17ClFN3O3. The van der Waals surface area contributed by atoms with E-state index in [4.69, 9.17) is 26.8 Å². The van der Waals surface area contributed by atoms with E-state index in [1.54, 1.807) is 25.1 Å². The second-order valence-electron chi connectivity index (χ2n) is 6.01. The Balaban J connectivity index is 2.22. The summed E-state index contributed by atoms with van der Waals surface area (Å²) in [5, 5.41) is 19.7. The first kappa shape index (κ1) is 20.2. The third kappa shape index (κ3) is 3.89. The standard InChI is InChI=1S/C21H17ClFN3O3/c1-3-29-19-8-12(6-15(22)20(19)27)13-9-17(26-21(25)14(13)10-24)11-4-5-18(28-2)16(23)7-11/h4-9,27H,3H2,1-2H3,(H2,25,26). The van der Waals surface area contributed by atoms with Crippen LogP contribution in [0.5, 0.6) is 17.2 Å². The predicted molar refractivity (Wildman–Crippen MR) is 109 cm³/mol. The maximum absolute atomic E-state index is 14.1. The molecule has 0 saturated carbocycles. The summed E-state index contributed by atoms with van der Waals surface area (Å²) in [6, 6.07) is 11.1. The fraction of sp³-hybridized carbons (Fsp3) is 0.143. The number of phenols is 1. The predicted octanol–water partition coefficient (Wildman–Crippen LogP) is 4.77. The molecule has 0 aliphatic carbocycles. The third-order valence-electron chi connectivity index (χ3n) is 4.25. The molecule has 0 unspecified atom stereocenters. The molecule has 0 bridgehead atoms. The molecule has 3 aromatic rings. The minimum Gasteiger partial charge on any atom is -0.503 e. The Morgan fingerprint density at radius 1 is 1.21 bits per heavy atom. The van der Waals surface area contributed by atoms with Gasteiger partial charge < -0.3 is 20.3 Å². The van der Waals surface area contributed by atoms with Gasteiger partial charge in [0.15, 0.2) is 23.1 Å². The van der Waals surface area contributed by atoms with Crippen LogP contribution in [0, 0.1) is 17.1 Å². The van der Waals surface area contributed by atoms with Crippen molar-refractivity contribution in [2.45, 2.75) is 6.92 Å². The van der Waals surface area contributed by atoms with Crippen LogP contribution in [0.25, 0.3) is 22.4 Å². The fourth-order valence-corrected chi connectivity index (χ4v) is 3.09. The summed E-state index contributed by atoms with van der Waals surface area (Å²) in [5.74, 6) is -0.496. The van der Waals surface area contributed by atoms with Crippen molar-refractivity contribution in [2.24, 2.45) is 0 Å². The summed E-state index contributed by atoms with van der Waals surface area (Å²) in [6.45, 7) is 2.08. The molecule has 29 heavy (non-hydrogen) atoms. The molecule has 0 fully saturated rings. The van der Waals surface area contributed by atoms with Gasteiger partial charge in [0.2, 0.25) is 0 Å². The van der Waals surface area contributed by atoms with E-state index < -0.39 is 5.82 Å². The summed E-state index contributed by atoms with van der Waals surface area (Å²) in [6.07, 6.45) is 0. The van der Waals surface area contributed by atoms with Crippen LogP contribution in [-0.4, -0.2) is 23.8 Å². The molecule has 1 heterocycles. The molecule has 0 aliphatic heterocycles. The summed E-state index contributed by atoms with van der Waals surface area (Å²) < 4.78 is 24.5. The number of phenolic OH excluding ortho intramolecular Hbond substituents is 1. The number of rotatable bonds is 5. The summed E-state index contributed by atoms with van der Waals surface area (Å²) >= 11 is 6.13. The fourth-order valence-electron chi connectivity index (χ4n) is 2.88. The summed E-state index contributed by atoms with van der Waals surface area (Å²) in [7, 11) is 1.37. The van der Waals surface area contributed by atoms with Crippen molar-refractivity contribution < 1.29 is 19.0 Å². The molecule has 0 radical (unpaired) electrons. The molecular weight excluding hydrogens is 397 g/mol. The number of hydrogen-bond donors (Lipinski definition) is 2. The van der Waals surface area contributed by atoms with Gasteiger partial charge in [-0.3, -0.25) is 0 Å². The van der Waals surface area contributed by atoms with Crippen molar-refractivity contribution in [3.8, 4) is 45.7 Å². The van der Waals surface area contributed by atoms with Crippen molar-refractivity contribution in [1.29, 1.82) is 5.26 Å². The van der Waals surface area contributed by atoms with Crippen LogP contribution < -0.4 is 15.2 Å². The van der Waals surface area contributed by atoms with Gasteiger partial charge in [-0.05, 0) is 48.9 Å². The molecule has 0 amide bonds. The minimum absolute atomic E-state index is 0.0154. The van der Waals surface area contributed by atoms with Crippen LogP contribution >= 0.6 is 11.6 Å². The maximum atomic E-state index is 14.1. The van der Waals surface area contributed by atoms with E-state index >= 15 is 0 Å². The van der Waals surface area contributed by atoms with E-state index in [2.05, 4.69) is 4.98 Å². The van der Waals surface area contributed by atoms with Crippen LogP contribution in [-0.2, 0) is 0 Å². The molecule has 0 atom stereocenters. The van der Waals surface area contributed by atoms with E-state index in [-0.39, 0.29) is 33.7 Å². The zero-order valence-electron chi connectivity index (χ0n) is 15.7. The lowest BCUT2D eigenvalue weighted by Gasteiger charge is -2.14. The highest BCUT2D eigenvalue weighted by atomic mass is 35.5. The minimum atomic E-state index is -0.553. The molecule has 3 N–H and O–H groups in total. The normalized spacial score (nSPS) is 10.4. The molecule has 8 heteroatoms. The highest BCUT2D eigenvalue weighted by Crippen LogP contribution is 2.41. The number of pyridine rings is 1. The van der Waals surface area contributed by atoms with Gasteiger partial charge in [0.25, 0.3) is 0 Å². The van der Waals surface area contributed by atoms with Gasteiger partial charge in [-0.2, -0.15) is 5.26 Å². The molecule has 148 valence electrons. The van der Waals surface area contributed by atoms with Gasteiger partial charge in [0.05, 0.1) is 24.4 Å². The number of hydrogen-bond acceptors (Lipinski definition) is 6. The van der Waals surface area contributed by atoms with Gasteiger partial charge in [0.1, 0.15) is 17.5 Å². The number of methoxy groups -OCH3 is 1.